The van der Waals surface area contributed by atoms with Gasteiger partial charge in [-0.2, -0.15) is 0 Å². The normalized spacial score (nSPS) is 14.3. The zero-order valence-corrected chi connectivity index (χ0v) is 17.4. The highest BCUT2D eigenvalue weighted by Gasteiger charge is 2.21. The maximum Gasteiger partial charge on any atom is 0.228 e. The number of nitrogens with zero attached hydrogens (tertiary/aromatic N) is 5. The molecule has 0 atom stereocenters. The van der Waals surface area contributed by atoms with E-state index in [1.165, 1.54) is 19.3 Å². The fourth-order valence-electron chi connectivity index (χ4n) is 3.67. The Balaban J connectivity index is 1.35. The van der Waals surface area contributed by atoms with Gasteiger partial charge in [-0.15, -0.1) is 10.2 Å². The number of benzene rings is 1. The summed E-state index contributed by atoms with van der Waals surface area (Å²) in [6, 6.07) is 15.9. The molecule has 0 radical (unpaired) electrons. The minimum atomic E-state index is 0.611. The van der Waals surface area contributed by atoms with E-state index in [2.05, 4.69) is 24.8 Å². The summed E-state index contributed by atoms with van der Waals surface area (Å²) >= 11 is 1.60. The lowest BCUT2D eigenvalue weighted by Gasteiger charge is -2.27. The van der Waals surface area contributed by atoms with Gasteiger partial charge in [0.05, 0.1) is 18.6 Å². The summed E-state index contributed by atoms with van der Waals surface area (Å²) in [6.07, 6.45) is 5.36. The van der Waals surface area contributed by atoms with Gasteiger partial charge in [-0.3, -0.25) is 4.57 Å². The van der Waals surface area contributed by atoms with Gasteiger partial charge in [-0.25, -0.2) is 0 Å². The third-order valence-corrected chi connectivity index (χ3v) is 6.19. The number of rotatable bonds is 7. The largest absolute Gasteiger partial charge is 0.467 e. The van der Waals surface area contributed by atoms with E-state index >= 15 is 0 Å². The second-order valence-electron chi connectivity index (χ2n) is 7.33. The Hall–Kier alpha value is -3.00. The number of piperidine rings is 1. The number of anilines is 1. The molecule has 1 saturated heterocycles. The van der Waals surface area contributed by atoms with Crippen molar-refractivity contribution in [3.05, 3.63) is 66.3 Å². The highest BCUT2D eigenvalue weighted by atomic mass is 32.2. The van der Waals surface area contributed by atoms with Crippen LogP contribution in [-0.4, -0.2) is 33.0 Å². The molecule has 4 heterocycles. The van der Waals surface area contributed by atoms with Crippen LogP contribution in [0.15, 0.2) is 68.9 Å². The summed E-state index contributed by atoms with van der Waals surface area (Å²) < 4.78 is 13.3. The Labute approximate surface area is 179 Å². The summed E-state index contributed by atoms with van der Waals surface area (Å²) in [7, 11) is 0. The average molecular weight is 422 g/mol. The number of aromatic nitrogens is 4. The molecule has 0 aliphatic carbocycles. The molecule has 7 nitrogen and oxygen atoms in total. The molecule has 4 aromatic rings. The average Bonchev–Trinajstić information content (AvgIpc) is 3.56. The van der Waals surface area contributed by atoms with Gasteiger partial charge >= 0.3 is 0 Å². The van der Waals surface area contributed by atoms with Crippen LogP contribution in [0.5, 0.6) is 0 Å². The van der Waals surface area contributed by atoms with Gasteiger partial charge in [0.25, 0.3) is 0 Å². The molecule has 1 aliphatic heterocycles. The van der Waals surface area contributed by atoms with E-state index in [0.717, 1.165) is 47.0 Å². The van der Waals surface area contributed by atoms with Crippen LogP contribution in [0, 0.1) is 0 Å². The topological polar surface area (TPSA) is 73.1 Å². The lowest BCUT2D eigenvalue weighted by Crippen LogP contribution is -2.32. The summed E-state index contributed by atoms with van der Waals surface area (Å²) in [5.74, 6) is 3.25. The molecule has 8 heteroatoms. The van der Waals surface area contributed by atoms with Crippen molar-refractivity contribution in [2.24, 2.45) is 0 Å². The molecule has 3 aromatic heterocycles. The molecule has 0 unspecified atom stereocenters. The van der Waals surface area contributed by atoms with Crippen molar-refractivity contribution in [2.45, 2.75) is 36.7 Å². The third-order valence-electron chi connectivity index (χ3n) is 5.20. The van der Waals surface area contributed by atoms with E-state index in [9.17, 15) is 0 Å². The second-order valence-corrected chi connectivity index (χ2v) is 8.27. The number of thioether (sulfide) groups is 1. The van der Waals surface area contributed by atoms with Gasteiger partial charge in [0.15, 0.2) is 5.16 Å². The van der Waals surface area contributed by atoms with Crippen LogP contribution in [0.2, 0.25) is 0 Å². The molecule has 5 rings (SSSR count). The third kappa shape index (κ3) is 4.14. The number of hydrogen-bond donors (Lipinski definition) is 0. The van der Waals surface area contributed by atoms with Gasteiger partial charge < -0.3 is 13.8 Å². The molecule has 0 amide bonds. The van der Waals surface area contributed by atoms with Gasteiger partial charge in [-0.05, 0) is 31.4 Å². The fraction of sp³-hybridized carbons (Fsp3) is 0.318. The molecule has 0 saturated carbocycles. The van der Waals surface area contributed by atoms with Gasteiger partial charge in [-0.1, -0.05) is 47.3 Å². The Morgan fingerprint density at radius 1 is 0.933 bits per heavy atom. The summed E-state index contributed by atoms with van der Waals surface area (Å²) in [5, 5.41) is 14.1. The van der Waals surface area contributed by atoms with Crippen molar-refractivity contribution in [1.29, 1.82) is 0 Å². The van der Waals surface area contributed by atoms with E-state index in [0.29, 0.717) is 12.3 Å². The van der Waals surface area contributed by atoms with E-state index in [-0.39, 0.29) is 0 Å². The van der Waals surface area contributed by atoms with Crippen LogP contribution in [0.4, 0.5) is 5.95 Å². The second kappa shape index (κ2) is 8.79. The Bertz CT molecular complexity index is 1070. The zero-order valence-electron chi connectivity index (χ0n) is 16.6. The molecule has 1 aromatic carbocycles. The highest BCUT2D eigenvalue weighted by Crippen LogP contribution is 2.29. The first kappa shape index (κ1) is 19.0. The smallest absolute Gasteiger partial charge is 0.228 e. The molecule has 0 spiro atoms. The molecule has 1 fully saturated rings. The van der Waals surface area contributed by atoms with Crippen molar-refractivity contribution in [1.82, 2.24) is 19.9 Å². The summed E-state index contributed by atoms with van der Waals surface area (Å²) in [6.45, 7) is 2.65. The van der Waals surface area contributed by atoms with Gasteiger partial charge in [0.2, 0.25) is 5.95 Å². The molecular formula is C22H23N5O2S. The maximum absolute atomic E-state index is 5.59. The molecule has 0 N–H and O–H groups in total. The monoisotopic (exact) mass is 421 g/mol. The standard InChI is InChI=1S/C22H23N5O2S/c1-3-8-17(9-4-1)20-14-19(29-25-20)16-30-22-24-23-21(26-11-5-2-6-12-26)27(22)15-18-10-7-13-28-18/h1,3-4,7-10,13-14H,2,5-6,11-12,15-16H2. The first-order valence-corrected chi connectivity index (χ1v) is 11.2. The van der Waals surface area contributed by atoms with E-state index in [1.54, 1.807) is 18.0 Å². The van der Waals surface area contributed by atoms with Crippen LogP contribution in [0.1, 0.15) is 30.8 Å². The van der Waals surface area contributed by atoms with E-state index in [1.807, 2.05) is 48.5 Å². The summed E-state index contributed by atoms with van der Waals surface area (Å²) in [5.41, 5.74) is 1.89. The zero-order chi connectivity index (χ0) is 20.2. The predicted molar refractivity (Wildman–Crippen MR) is 115 cm³/mol. The van der Waals surface area contributed by atoms with Gasteiger partial charge in [0, 0.05) is 24.7 Å². The Morgan fingerprint density at radius 3 is 2.60 bits per heavy atom. The molecule has 154 valence electrons. The molecule has 0 bridgehead atoms. The lowest BCUT2D eigenvalue weighted by molar-refractivity contribution is 0.397. The molecular weight excluding hydrogens is 398 g/mol. The highest BCUT2D eigenvalue weighted by molar-refractivity contribution is 7.98. The predicted octanol–water partition coefficient (Wildman–Crippen LogP) is 4.86. The van der Waals surface area contributed by atoms with E-state index in [4.69, 9.17) is 8.94 Å². The SMILES string of the molecule is c1ccc(-c2cc(CSc3nnc(N4CCCCC4)n3Cc3ccco3)on2)cc1. The molecule has 1 aliphatic rings. The quantitative estimate of drug-likeness (QED) is 0.395. The van der Waals surface area contributed by atoms with Crippen LogP contribution in [0.25, 0.3) is 11.3 Å². The maximum atomic E-state index is 5.59. The van der Waals surface area contributed by atoms with E-state index < -0.39 is 0 Å². The summed E-state index contributed by atoms with van der Waals surface area (Å²) in [4.78, 5) is 2.32. The van der Waals surface area contributed by atoms with Crippen molar-refractivity contribution in [2.75, 3.05) is 18.0 Å². The van der Waals surface area contributed by atoms with Crippen molar-refractivity contribution < 1.29 is 8.94 Å². The van der Waals surface area contributed by atoms with Crippen LogP contribution in [0.3, 0.4) is 0 Å². The van der Waals surface area contributed by atoms with Crippen molar-refractivity contribution in [3.8, 4) is 11.3 Å². The minimum absolute atomic E-state index is 0.611. The van der Waals surface area contributed by atoms with Gasteiger partial charge in [0.1, 0.15) is 17.2 Å². The minimum Gasteiger partial charge on any atom is -0.467 e. The molecule has 30 heavy (non-hydrogen) atoms. The number of furan rings is 1. The first-order valence-electron chi connectivity index (χ1n) is 10.2. The Morgan fingerprint density at radius 2 is 1.80 bits per heavy atom. The van der Waals surface area contributed by atoms with Crippen LogP contribution >= 0.6 is 11.8 Å². The number of hydrogen-bond acceptors (Lipinski definition) is 7. The van der Waals surface area contributed by atoms with Crippen molar-refractivity contribution >= 4 is 17.7 Å². The Kier molecular flexibility index (Phi) is 5.56. The van der Waals surface area contributed by atoms with Crippen LogP contribution in [-0.2, 0) is 12.3 Å². The first-order chi connectivity index (χ1) is 14.9. The fourth-order valence-corrected chi connectivity index (χ4v) is 4.48. The van der Waals surface area contributed by atoms with Crippen LogP contribution < -0.4 is 4.90 Å². The van der Waals surface area contributed by atoms with Crippen molar-refractivity contribution in [3.63, 3.8) is 0 Å². The lowest BCUT2D eigenvalue weighted by atomic mass is 10.1.